The van der Waals surface area contributed by atoms with Gasteiger partial charge in [-0.15, -0.1) is 11.3 Å². The summed E-state index contributed by atoms with van der Waals surface area (Å²) >= 11 is 1.46. The Labute approximate surface area is 114 Å². The molecule has 0 saturated heterocycles. The smallest absolute Gasteiger partial charge is 0.270 e. The number of methoxy groups -OCH3 is 1. The molecule has 100 valence electrons. The highest BCUT2D eigenvalue weighted by molar-refractivity contribution is 7.14. The zero-order valence-corrected chi connectivity index (χ0v) is 11.1. The second-order valence-corrected chi connectivity index (χ2v) is 4.62. The molecule has 0 aliphatic heterocycles. The zero-order chi connectivity index (χ0) is 13.7. The molecular weight excluding hydrogens is 266 g/mol. The maximum absolute atomic E-state index is 10.7. The van der Waals surface area contributed by atoms with Crippen LogP contribution in [0, 0.1) is 10.1 Å². The molecule has 0 bridgehead atoms. The van der Waals surface area contributed by atoms with Crippen LogP contribution in [0.2, 0.25) is 0 Å². The number of nitro groups is 1. The minimum Gasteiger partial charge on any atom is -0.383 e. The third-order valence-electron chi connectivity index (χ3n) is 2.44. The Morgan fingerprint density at radius 3 is 3.11 bits per heavy atom. The number of anilines is 1. The van der Waals surface area contributed by atoms with Crippen molar-refractivity contribution in [2.24, 2.45) is 0 Å². The molecule has 19 heavy (non-hydrogen) atoms. The Kier molecular flexibility index (Phi) is 4.43. The van der Waals surface area contributed by atoms with Gasteiger partial charge in [0.2, 0.25) is 0 Å². The Morgan fingerprint density at radius 1 is 1.53 bits per heavy atom. The van der Waals surface area contributed by atoms with E-state index in [4.69, 9.17) is 4.74 Å². The van der Waals surface area contributed by atoms with Gasteiger partial charge in [-0.1, -0.05) is 12.1 Å². The van der Waals surface area contributed by atoms with Crippen LogP contribution in [-0.2, 0) is 4.74 Å². The van der Waals surface area contributed by atoms with Crippen molar-refractivity contribution >= 4 is 22.2 Å². The van der Waals surface area contributed by atoms with Gasteiger partial charge in [0.15, 0.2) is 5.13 Å². The van der Waals surface area contributed by atoms with Crippen molar-refractivity contribution in [2.45, 2.75) is 0 Å². The van der Waals surface area contributed by atoms with Crippen LogP contribution >= 0.6 is 11.3 Å². The van der Waals surface area contributed by atoms with E-state index in [1.54, 1.807) is 19.2 Å². The summed E-state index contributed by atoms with van der Waals surface area (Å²) in [5, 5.41) is 16.5. The van der Waals surface area contributed by atoms with E-state index in [1.807, 2.05) is 5.38 Å². The van der Waals surface area contributed by atoms with Gasteiger partial charge in [0.1, 0.15) is 0 Å². The molecule has 1 aromatic heterocycles. The van der Waals surface area contributed by atoms with E-state index < -0.39 is 4.92 Å². The molecule has 6 nitrogen and oxygen atoms in total. The molecule has 1 aromatic carbocycles. The van der Waals surface area contributed by atoms with E-state index >= 15 is 0 Å². The number of nitrogens with one attached hydrogen (secondary N) is 1. The summed E-state index contributed by atoms with van der Waals surface area (Å²) in [6, 6.07) is 6.45. The summed E-state index contributed by atoms with van der Waals surface area (Å²) in [6.07, 6.45) is 0. The van der Waals surface area contributed by atoms with Crippen LogP contribution < -0.4 is 5.32 Å². The Balaban J connectivity index is 2.13. The quantitative estimate of drug-likeness (QED) is 0.500. The van der Waals surface area contributed by atoms with Crippen LogP contribution in [0.4, 0.5) is 10.8 Å². The molecule has 0 radical (unpaired) electrons. The van der Waals surface area contributed by atoms with Crippen molar-refractivity contribution in [1.82, 2.24) is 4.98 Å². The van der Waals surface area contributed by atoms with Crippen LogP contribution in [0.1, 0.15) is 0 Å². The number of benzene rings is 1. The van der Waals surface area contributed by atoms with E-state index in [0.29, 0.717) is 13.2 Å². The van der Waals surface area contributed by atoms with Crippen LogP contribution in [0.25, 0.3) is 11.3 Å². The number of ether oxygens (including phenoxy) is 1. The molecule has 0 amide bonds. The molecule has 0 fully saturated rings. The Bertz CT molecular complexity index is 571. The van der Waals surface area contributed by atoms with E-state index in [9.17, 15) is 10.1 Å². The van der Waals surface area contributed by atoms with Crippen molar-refractivity contribution in [2.75, 3.05) is 25.6 Å². The van der Waals surface area contributed by atoms with Gasteiger partial charge in [-0.2, -0.15) is 0 Å². The first-order valence-electron chi connectivity index (χ1n) is 5.64. The maximum Gasteiger partial charge on any atom is 0.270 e. The van der Waals surface area contributed by atoms with Gasteiger partial charge in [0.05, 0.1) is 17.2 Å². The summed E-state index contributed by atoms with van der Waals surface area (Å²) in [4.78, 5) is 14.7. The van der Waals surface area contributed by atoms with Gasteiger partial charge in [0.25, 0.3) is 5.69 Å². The molecule has 2 aromatic rings. The molecule has 0 aliphatic rings. The fourth-order valence-electron chi connectivity index (χ4n) is 1.53. The van der Waals surface area contributed by atoms with Gasteiger partial charge in [-0.25, -0.2) is 4.98 Å². The van der Waals surface area contributed by atoms with E-state index in [1.165, 1.54) is 23.5 Å². The predicted molar refractivity (Wildman–Crippen MR) is 74.6 cm³/mol. The average molecular weight is 279 g/mol. The first kappa shape index (κ1) is 13.4. The molecule has 1 heterocycles. The van der Waals surface area contributed by atoms with Crippen molar-refractivity contribution in [3.05, 3.63) is 39.8 Å². The summed E-state index contributed by atoms with van der Waals surface area (Å²) in [7, 11) is 1.64. The summed E-state index contributed by atoms with van der Waals surface area (Å²) in [6.45, 7) is 1.28. The SMILES string of the molecule is COCCNc1nc(-c2cccc([N+](=O)[O-])c2)cs1. The first-order valence-corrected chi connectivity index (χ1v) is 6.52. The number of hydrogen-bond donors (Lipinski definition) is 1. The minimum atomic E-state index is -0.409. The largest absolute Gasteiger partial charge is 0.383 e. The molecule has 1 N–H and O–H groups in total. The average Bonchev–Trinajstić information content (AvgIpc) is 2.88. The number of hydrogen-bond acceptors (Lipinski definition) is 6. The lowest BCUT2D eigenvalue weighted by atomic mass is 10.1. The van der Waals surface area contributed by atoms with Crippen molar-refractivity contribution in [1.29, 1.82) is 0 Å². The summed E-state index contributed by atoms with van der Waals surface area (Å²) < 4.78 is 4.94. The molecule has 0 spiro atoms. The number of nitrogens with zero attached hydrogens (tertiary/aromatic N) is 2. The van der Waals surface area contributed by atoms with Crippen LogP contribution in [0.15, 0.2) is 29.6 Å². The second kappa shape index (κ2) is 6.26. The summed E-state index contributed by atoms with van der Waals surface area (Å²) in [5.41, 5.74) is 1.54. The monoisotopic (exact) mass is 279 g/mol. The predicted octanol–water partition coefficient (Wildman–Crippen LogP) is 2.78. The van der Waals surface area contributed by atoms with Crippen LogP contribution in [0.3, 0.4) is 0 Å². The summed E-state index contributed by atoms with van der Waals surface area (Å²) in [5.74, 6) is 0. The fourth-order valence-corrected chi connectivity index (χ4v) is 2.27. The molecular formula is C12H13N3O3S. The lowest BCUT2D eigenvalue weighted by Crippen LogP contribution is -2.06. The zero-order valence-electron chi connectivity index (χ0n) is 10.3. The van der Waals surface area contributed by atoms with E-state index in [-0.39, 0.29) is 5.69 Å². The third kappa shape index (κ3) is 3.49. The van der Waals surface area contributed by atoms with Gasteiger partial charge in [0, 0.05) is 36.7 Å². The highest BCUT2D eigenvalue weighted by Crippen LogP contribution is 2.27. The van der Waals surface area contributed by atoms with Crippen molar-refractivity contribution < 1.29 is 9.66 Å². The number of rotatable bonds is 6. The second-order valence-electron chi connectivity index (χ2n) is 3.76. The molecule has 2 rings (SSSR count). The van der Waals surface area contributed by atoms with Gasteiger partial charge >= 0.3 is 0 Å². The first-order chi connectivity index (χ1) is 9.20. The molecule has 7 heteroatoms. The Hall–Kier alpha value is -1.99. The third-order valence-corrected chi connectivity index (χ3v) is 3.24. The lowest BCUT2D eigenvalue weighted by molar-refractivity contribution is -0.384. The normalized spacial score (nSPS) is 10.4. The van der Waals surface area contributed by atoms with Crippen LogP contribution in [0.5, 0.6) is 0 Å². The minimum absolute atomic E-state index is 0.0689. The van der Waals surface area contributed by atoms with Crippen LogP contribution in [-0.4, -0.2) is 30.2 Å². The standard InChI is InChI=1S/C12H13N3O3S/c1-18-6-5-13-12-14-11(8-19-12)9-3-2-4-10(7-9)15(16)17/h2-4,7-8H,5-6H2,1H3,(H,13,14). The maximum atomic E-state index is 10.7. The van der Waals surface area contributed by atoms with Crippen molar-refractivity contribution in [3.63, 3.8) is 0 Å². The Morgan fingerprint density at radius 2 is 2.37 bits per heavy atom. The molecule has 0 atom stereocenters. The molecule has 0 aliphatic carbocycles. The van der Waals surface area contributed by atoms with Crippen molar-refractivity contribution in [3.8, 4) is 11.3 Å². The molecule has 0 saturated carbocycles. The highest BCUT2D eigenvalue weighted by Gasteiger charge is 2.09. The lowest BCUT2D eigenvalue weighted by Gasteiger charge is -2.00. The van der Waals surface area contributed by atoms with E-state index in [2.05, 4.69) is 10.3 Å². The van der Waals surface area contributed by atoms with Gasteiger partial charge in [-0.05, 0) is 0 Å². The number of non-ortho nitro benzene ring substituents is 1. The number of thiazole rings is 1. The fraction of sp³-hybridized carbons (Fsp3) is 0.250. The number of nitro benzene ring substituents is 1. The van der Waals surface area contributed by atoms with Gasteiger partial charge < -0.3 is 10.1 Å². The molecule has 0 unspecified atom stereocenters. The topological polar surface area (TPSA) is 77.3 Å². The van der Waals surface area contributed by atoms with E-state index in [0.717, 1.165) is 16.4 Å². The number of aromatic nitrogens is 1. The van der Waals surface area contributed by atoms with Gasteiger partial charge in [-0.3, -0.25) is 10.1 Å². The highest BCUT2D eigenvalue weighted by atomic mass is 32.1.